The Hall–Kier alpha value is -1.60. The number of pyridine rings is 1. The second-order valence-electron chi connectivity index (χ2n) is 3.91. The van der Waals surface area contributed by atoms with E-state index in [-0.39, 0.29) is 5.69 Å². The van der Waals surface area contributed by atoms with Crippen LogP contribution in [-0.4, -0.2) is 26.3 Å². The number of nitrogens with one attached hydrogen (secondary N) is 2. The molecule has 0 fully saturated rings. The number of rotatable bonds is 6. The number of aromatic amines is 1. The average Bonchev–Trinajstić information content (AvgIpc) is 2.78. The zero-order chi connectivity index (χ0) is 13.7. The van der Waals surface area contributed by atoms with E-state index < -0.39 is 0 Å². The van der Waals surface area contributed by atoms with Gasteiger partial charge >= 0.3 is 5.69 Å². The van der Waals surface area contributed by atoms with Gasteiger partial charge in [0.1, 0.15) is 5.03 Å². The lowest BCUT2D eigenvalue weighted by Crippen LogP contribution is -2.16. The van der Waals surface area contributed by atoms with Crippen LogP contribution in [0, 0.1) is 0 Å². The van der Waals surface area contributed by atoms with Gasteiger partial charge in [-0.05, 0) is 36.9 Å². The molecule has 2 N–H and O–H groups in total. The minimum atomic E-state index is -0.186. The molecule has 2 rings (SSSR count). The molecule has 0 aromatic carbocycles. The lowest BCUT2D eigenvalue weighted by atomic mass is 10.3. The van der Waals surface area contributed by atoms with Crippen LogP contribution in [0.25, 0.3) is 0 Å². The van der Waals surface area contributed by atoms with Crippen LogP contribution in [0.15, 0.2) is 33.3 Å². The fraction of sp³-hybridized carbons (Fsp3) is 0.417. The van der Waals surface area contributed by atoms with Crippen LogP contribution in [0.5, 0.6) is 0 Å². The highest BCUT2D eigenvalue weighted by Crippen LogP contribution is 2.26. The average molecular weight is 279 g/mol. The third kappa shape index (κ3) is 3.24. The lowest BCUT2D eigenvalue weighted by molar-refractivity contribution is 0.659. The van der Waals surface area contributed by atoms with E-state index in [1.54, 1.807) is 10.8 Å². The summed E-state index contributed by atoms with van der Waals surface area (Å²) in [5, 5.41) is 11.3. The molecule has 0 aliphatic rings. The van der Waals surface area contributed by atoms with E-state index in [4.69, 9.17) is 0 Å². The van der Waals surface area contributed by atoms with Gasteiger partial charge in [0.05, 0.1) is 0 Å². The predicted octanol–water partition coefficient (Wildman–Crippen LogP) is 1.25. The van der Waals surface area contributed by atoms with Crippen molar-refractivity contribution in [2.45, 2.75) is 37.1 Å². The van der Waals surface area contributed by atoms with Crippen LogP contribution in [0.3, 0.4) is 0 Å². The molecule has 0 aliphatic carbocycles. The minimum Gasteiger partial charge on any atom is -0.313 e. The number of hydrogen-bond donors (Lipinski definition) is 2. The zero-order valence-corrected chi connectivity index (χ0v) is 11.8. The van der Waals surface area contributed by atoms with E-state index in [0.29, 0.717) is 11.7 Å². The summed E-state index contributed by atoms with van der Waals surface area (Å²) in [5.41, 5.74) is 0.918. The van der Waals surface area contributed by atoms with E-state index in [0.717, 1.165) is 23.7 Å². The maximum Gasteiger partial charge on any atom is 0.343 e. The SMILES string of the molecule is CCNCc1cccnc1Sc1n[nH]c(=O)n1CC. The predicted molar refractivity (Wildman–Crippen MR) is 74.3 cm³/mol. The zero-order valence-electron chi connectivity index (χ0n) is 11.0. The molecular formula is C12H17N5OS. The van der Waals surface area contributed by atoms with Gasteiger partial charge in [-0.15, -0.1) is 5.10 Å². The van der Waals surface area contributed by atoms with Gasteiger partial charge in [0.25, 0.3) is 0 Å². The standard InChI is InChI=1S/C12H17N5OS/c1-3-13-8-9-6-5-7-14-10(9)19-12-16-15-11(18)17(12)4-2/h5-7,13H,3-4,8H2,1-2H3,(H,15,18). The van der Waals surface area contributed by atoms with Crippen molar-refractivity contribution >= 4 is 11.8 Å². The quantitative estimate of drug-likeness (QED) is 0.832. The second-order valence-corrected chi connectivity index (χ2v) is 4.86. The topological polar surface area (TPSA) is 75.6 Å². The van der Waals surface area contributed by atoms with Crippen LogP contribution >= 0.6 is 11.8 Å². The van der Waals surface area contributed by atoms with Crippen molar-refractivity contribution in [3.8, 4) is 0 Å². The van der Waals surface area contributed by atoms with Gasteiger partial charge < -0.3 is 5.32 Å². The first-order valence-electron chi connectivity index (χ1n) is 6.24. The van der Waals surface area contributed by atoms with Gasteiger partial charge in [-0.2, -0.15) is 0 Å². The third-order valence-corrected chi connectivity index (χ3v) is 3.70. The van der Waals surface area contributed by atoms with Crippen LogP contribution in [-0.2, 0) is 13.1 Å². The Labute approximate surface area is 115 Å². The van der Waals surface area contributed by atoms with Crippen molar-refractivity contribution in [1.82, 2.24) is 25.1 Å². The Morgan fingerprint density at radius 2 is 2.32 bits per heavy atom. The van der Waals surface area contributed by atoms with E-state index in [1.807, 2.05) is 19.1 Å². The van der Waals surface area contributed by atoms with E-state index in [9.17, 15) is 4.79 Å². The van der Waals surface area contributed by atoms with Crippen LogP contribution in [0.2, 0.25) is 0 Å². The van der Waals surface area contributed by atoms with Gasteiger partial charge in [-0.1, -0.05) is 13.0 Å². The number of hydrogen-bond acceptors (Lipinski definition) is 5. The Morgan fingerprint density at radius 3 is 3.05 bits per heavy atom. The fourth-order valence-corrected chi connectivity index (χ4v) is 2.63. The Morgan fingerprint density at radius 1 is 1.47 bits per heavy atom. The van der Waals surface area contributed by atoms with Gasteiger partial charge in [-0.3, -0.25) is 4.57 Å². The molecule has 19 heavy (non-hydrogen) atoms. The summed E-state index contributed by atoms with van der Waals surface area (Å²) in [6, 6.07) is 3.94. The fourth-order valence-electron chi connectivity index (χ4n) is 1.66. The molecule has 2 aromatic heterocycles. The smallest absolute Gasteiger partial charge is 0.313 e. The molecule has 7 heteroatoms. The maximum atomic E-state index is 11.5. The number of aromatic nitrogens is 4. The molecule has 102 valence electrons. The summed E-state index contributed by atoms with van der Waals surface area (Å²) in [6.45, 7) is 6.23. The molecule has 6 nitrogen and oxygen atoms in total. The summed E-state index contributed by atoms with van der Waals surface area (Å²) >= 11 is 1.41. The maximum absolute atomic E-state index is 11.5. The minimum absolute atomic E-state index is 0.186. The van der Waals surface area contributed by atoms with Gasteiger partial charge in [0.2, 0.25) is 0 Å². The molecule has 0 amide bonds. The summed E-state index contributed by atoms with van der Waals surface area (Å²) < 4.78 is 1.59. The van der Waals surface area contributed by atoms with Crippen LogP contribution in [0.1, 0.15) is 19.4 Å². The van der Waals surface area contributed by atoms with Crippen molar-refractivity contribution in [1.29, 1.82) is 0 Å². The number of nitrogens with zero attached hydrogens (tertiary/aromatic N) is 3. The molecule has 2 aromatic rings. The highest BCUT2D eigenvalue weighted by Gasteiger charge is 2.11. The Kier molecular flexibility index (Phi) is 4.75. The van der Waals surface area contributed by atoms with E-state index in [2.05, 4.69) is 27.4 Å². The highest BCUT2D eigenvalue weighted by atomic mass is 32.2. The second kappa shape index (κ2) is 6.53. The highest BCUT2D eigenvalue weighted by molar-refractivity contribution is 7.99. The molecule has 0 saturated carbocycles. The lowest BCUT2D eigenvalue weighted by Gasteiger charge is -2.08. The first kappa shape index (κ1) is 13.8. The largest absolute Gasteiger partial charge is 0.343 e. The molecule has 0 unspecified atom stereocenters. The van der Waals surface area contributed by atoms with Crippen molar-refractivity contribution in [2.75, 3.05) is 6.54 Å². The molecule has 2 heterocycles. The normalized spacial score (nSPS) is 10.8. The summed E-state index contributed by atoms with van der Waals surface area (Å²) in [5.74, 6) is 0. The first-order chi connectivity index (χ1) is 9.26. The summed E-state index contributed by atoms with van der Waals surface area (Å²) in [4.78, 5) is 15.9. The molecular weight excluding hydrogens is 262 g/mol. The molecule has 0 saturated heterocycles. The van der Waals surface area contributed by atoms with Crippen molar-refractivity contribution in [2.24, 2.45) is 0 Å². The van der Waals surface area contributed by atoms with Crippen LogP contribution < -0.4 is 11.0 Å². The summed E-state index contributed by atoms with van der Waals surface area (Å²) in [6.07, 6.45) is 1.75. The third-order valence-electron chi connectivity index (χ3n) is 2.64. The molecule has 0 aliphatic heterocycles. The number of H-pyrrole nitrogens is 1. The molecule has 0 atom stereocenters. The Balaban J connectivity index is 2.25. The monoisotopic (exact) mass is 279 g/mol. The van der Waals surface area contributed by atoms with Gasteiger partial charge in [0, 0.05) is 19.3 Å². The van der Waals surface area contributed by atoms with Crippen molar-refractivity contribution < 1.29 is 0 Å². The van der Waals surface area contributed by atoms with E-state index in [1.165, 1.54) is 11.8 Å². The molecule has 0 radical (unpaired) electrons. The summed E-state index contributed by atoms with van der Waals surface area (Å²) in [7, 11) is 0. The molecule has 0 bridgehead atoms. The first-order valence-corrected chi connectivity index (χ1v) is 7.05. The van der Waals surface area contributed by atoms with Gasteiger partial charge in [0.15, 0.2) is 5.16 Å². The van der Waals surface area contributed by atoms with Crippen molar-refractivity contribution in [3.63, 3.8) is 0 Å². The Bertz CT molecular complexity index is 592. The molecule has 0 spiro atoms. The van der Waals surface area contributed by atoms with E-state index >= 15 is 0 Å². The van der Waals surface area contributed by atoms with Crippen molar-refractivity contribution in [3.05, 3.63) is 34.4 Å². The van der Waals surface area contributed by atoms with Crippen LogP contribution in [0.4, 0.5) is 0 Å². The van der Waals surface area contributed by atoms with Gasteiger partial charge in [-0.25, -0.2) is 14.9 Å².